The summed E-state index contributed by atoms with van der Waals surface area (Å²) in [6, 6.07) is 2.37. The smallest absolute Gasteiger partial charge is 0.178 e. The fourth-order valence-electron chi connectivity index (χ4n) is 2.53. The fraction of sp³-hybridized carbons (Fsp3) is 0.538. The van der Waals surface area contributed by atoms with E-state index in [1.165, 1.54) is 12.0 Å². The Kier molecular flexibility index (Phi) is 2.59. The number of pyridine rings is 1. The van der Waals surface area contributed by atoms with Crippen molar-refractivity contribution in [3.8, 4) is 0 Å². The minimum absolute atomic E-state index is 0.354. The van der Waals surface area contributed by atoms with E-state index in [1.54, 1.807) is 0 Å². The van der Waals surface area contributed by atoms with Crippen LogP contribution in [0.4, 0.5) is 0 Å². The molecule has 2 aromatic rings. The molecule has 0 amide bonds. The normalized spacial score (nSPS) is 25.3. The molecule has 1 aliphatic rings. The molecule has 2 N–H and O–H groups in total. The third-order valence-electron chi connectivity index (χ3n) is 3.61. The van der Waals surface area contributed by atoms with Crippen LogP contribution >= 0.6 is 0 Å². The third kappa shape index (κ3) is 1.93. The molecular weight excluding hydrogens is 212 g/mol. The summed E-state index contributed by atoms with van der Waals surface area (Å²) in [4.78, 5) is 12.3. The molecule has 90 valence electrons. The first-order valence-corrected chi connectivity index (χ1v) is 6.28. The van der Waals surface area contributed by atoms with E-state index in [-0.39, 0.29) is 0 Å². The Morgan fingerprint density at radius 3 is 3.06 bits per heavy atom. The van der Waals surface area contributed by atoms with Gasteiger partial charge in [-0.3, -0.25) is 0 Å². The van der Waals surface area contributed by atoms with Crippen LogP contribution in [0.3, 0.4) is 0 Å². The van der Waals surface area contributed by atoms with Crippen LogP contribution in [0.2, 0.25) is 0 Å². The average molecular weight is 230 g/mol. The Bertz CT molecular complexity index is 531. The van der Waals surface area contributed by atoms with E-state index in [0.29, 0.717) is 6.04 Å². The molecule has 1 aliphatic heterocycles. The highest BCUT2D eigenvalue weighted by atomic mass is 15.1. The Hall–Kier alpha value is -1.42. The SMILES string of the molecule is Cc1ccnc2nc(C3CC(C)CCN3)[nH]c12. The highest BCUT2D eigenvalue weighted by molar-refractivity contribution is 5.74. The van der Waals surface area contributed by atoms with Crippen molar-refractivity contribution in [3.63, 3.8) is 0 Å². The van der Waals surface area contributed by atoms with Gasteiger partial charge >= 0.3 is 0 Å². The van der Waals surface area contributed by atoms with Crippen LogP contribution < -0.4 is 5.32 Å². The predicted octanol–water partition coefficient (Wildman–Crippen LogP) is 2.33. The van der Waals surface area contributed by atoms with Gasteiger partial charge in [-0.05, 0) is 43.9 Å². The van der Waals surface area contributed by atoms with Gasteiger partial charge in [0.05, 0.1) is 11.6 Å². The van der Waals surface area contributed by atoms with E-state index < -0.39 is 0 Å². The fourth-order valence-corrected chi connectivity index (χ4v) is 2.53. The third-order valence-corrected chi connectivity index (χ3v) is 3.61. The van der Waals surface area contributed by atoms with Crippen molar-refractivity contribution in [1.29, 1.82) is 0 Å². The van der Waals surface area contributed by atoms with Crippen LogP contribution in [-0.2, 0) is 0 Å². The summed E-state index contributed by atoms with van der Waals surface area (Å²) < 4.78 is 0. The quantitative estimate of drug-likeness (QED) is 0.790. The number of nitrogens with zero attached hydrogens (tertiary/aromatic N) is 2. The topological polar surface area (TPSA) is 53.6 Å². The molecule has 0 radical (unpaired) electrons. The molecule has 2 unspecified atom stereocenters. The molecule has 0 bridgehead atoms. The van der Waals surface area contributed by atoms with Gasteiger partial charge in [0, 0.05) is 6.20 Å². The maximum Gasteiger partial charge on any atom is 0.178 e. The predicted molar refractivity (Wildman–Crippen MR) is 67.8 cm³/mol. The number of imidazole rings is 1. The first-order chi connectivity index (χ1) is 8.24. The van der Waals surface area contributed by atoms with E-state index in [4.69, 9.17) is 0 Å². The van der Waals surface area contributed by atoms with Crippen molar-refractivity contribution >= 4 is 11.2 Å². The molecule has 1 fully saturated rings. The number of aromatic nitrogens is 3. The van der Waals surface area contributed by atoms with Gasteiger partial charge in [0.15, 0.2) is 5.65 Å². The monoisotopic (exact) mass is 230 g/mol. The summed E-state index contributed by atoms with van der Waals surface area (Å²) in [6.45, 7) is 5.47. The molecule has 17 heavy (non-hydrogen) atoms. The van der Waals surface area contributed by atoms with Gasteiger partial charge < -0.3 is 10.3 Å². The molecule has 2 aromatic heterocycles. The van der Waals surface area contributed by atoms with E-state index >= 15 is 0 Å². The summed E-state index contributed by atoms with van der Waals surface area (Å²) in [5, 5.41) is 3.52. The van der Waals surface area contributed by atoms with Gasteiger partial charge in [0.1, 0.15) is 5.82 Å². The maximum atomic E-state index is 4.60. The van der Waals surface area contributed by atoms with Crippen molar-refractivity contribution < 1.29 is 0 Å². The number of fused-ring (bicyclic) bond motifs is 1. The van der Waals surface area contributed by atoms with Crippen LogP contribution in [0.15, 0.2) is 12.3 Å². The summed E-state index contributed by atoms with van der Waals surface area (Å²) in [5.74, 6) is 1.80. The molecule has 4 heteroatoms. The molecule has 1 saturated heterocycles. The number of aromatic amines is 1. The van der Waals surface area contributed by atoms with E-state index in [2.05, 4.69) is 34.1 Å². The largest absolute Gasteiger partial charge is 0.339 e. The zero-order valence-electron chi connectivity index (χ0n) is 10.3. The number of nitrogens with one attached hydrogen (secondary N) is 2. The van der Waals surface area contributed by atoms with E-state index in [9.17, 15) is 0 Å². The number of hydrogen-bond donors (Lipinski definition) is 2. The molecular formula is C13H18N4. The molecule has 2 atom stereocenters. The molecule has 0 spiro atoms. The van der Waals surface area contributed by atoms with Crippen molar-refractivity contribution in [2.45, 2.75) is 32.7 Å². The Morgan fingerprint density at radius 1 is 1.41 bits per heavy atom. The number of aryl methyl sites for hydroxylation is 1. The van der Waals surface area contributed by atoms with E-state index in [0.717, 1.165) is 35.9 Å². The highest BCUT2D eigenvalue weighted by Crippen LogP contribution is 2.26. The lowest BCUT2D eigenvalue weighted by Gasteiger charge is -2.26. The zero-order chi connectivity index (χ0) is 11.8. The van der Waals surface area contributed by atoms with Crippen molar-refractivity contribution in [2.75, 3.05) is 6.54 Å². The maximum absolute atomic E-state index is 4.60. The zero-order valence-corrected chi connectivity index (χ0v) is 10.3. The first kappa shape index (κ1) is 10.7. The van der Waals surface area contributed by atoms with Gasteiger partial charge in [0.2, 0.25) is 0 Å². The van der Waals surface area contributed by atoms with Crippen LogP contribution in [0.1, 0.15) is 37.2 Å². The minimum atomic E-state index is 0.354. The molecule has 3 rings (SSSR count). The van der Waals surface area contributed by atoms with Crippen LogP contribution in [0, 0.1) is 12.8 Å². The van der Waals surface area contributed by atoms with Crippen molar-refractivity contribution in [1.82, 2.24) is 20.3 Å². The van der Waals surface area contributed by atoms with Crippen molar-refractivity contribution in [2.24, 2.45) is 5.92 Å². The first-order valence-electron chi connectivity index (χ1n) is 6.28. The lowest BCUT2D eigenvalue weighted by Crippen LogP contribution is -2.31. The van der Waals surface area contributed by atoms with Gasteiger partial charge in [-0.2, -0.15) is 0 Å². The number of piperidine rings is 1. The summed E-state index contributed by atoms with van der Waals surface area (Å²) in [7, 11) is 0. The summed E-state index contributed by atoms with van der Waals surface area (Å²) >= 11 is 0. The number of rotatable bonds is 1. The molecule has 0 aromatic carbocycles. The second-order valence-corrected chi connectivity index (χ2v) is 5.08. The second kappa shape index (κ2) is 4.11. The van der Waals surface area contributed by atoms with Gasteiger partial charge in [0.25, 0.3) is 0 Å². The lowest BCUT2D eigenvalue weighted by atomic mass is 9.94. The molecule has 0 saturated carbocycles. The summed E-state index contributed by atoms with van der Waals surface area (Å²) in [6.07, 6.45) is 4.23. The van der Waals surface area contributed by atoms with Gasteiger partial charge in [-0.1, -0.05) is 6.92 Å². The summed E-state index contributed by atoms with van der Waals surface area (Å²) in [5.41, 5.74) is 3.11. The van der Waals surface area contributed by atoms with Crippen LogP contribution in [0.5, 0.6) is 0 Å². The highest BCUT2D eigenvalue weighted by Gasteiger charge is 2.22. The second-order valence-electron chi connectivity index (χ2n) is 5.08. The van der Waals surface area contributed by atoms with Crippen LogP contribution in [-0.4, -0.2) is 21.5 Å². The van der Waals surface area contributed by atoms with Crippen LogP contribution in [0.25, 0.3) is 11.2 Å². The Labute approximate surface area is 101 Å². The van der Waals surface area contributed by atoms with E-state index in [1.807, 2.05) is 12.3 Å². The average Bonchev–Trinajstić information content (AvgIpc) is 2.74. The van der Waals surface area contributed by atoms with Gasteiger partial charge in [-0.25, -0.2) is 9.97 Å². The Balaban J connectivity index is 1.97. The molecule has 3 heterocycles. The number of H-pyrrole nitrogens is 1. The molecule has 0 aliphatic carbocycles. The minimum Gasteiger partial charge on any atom is -0.339 e. The number of hydrogen-bond acceptors (Lipinski definition) is 3. The lowest BCUT2D eigenvalue weighted by molar-refractivity contribution is 0.317. The Morgan fingerprint density at radius 2 is 2.29 bits per heavy atom. The standard InChI is InChI=1S/C13H18N4/c1-8-3-5-14-10(7-8)12-16-11-9(2)4-6-15-13(11)17-12/h4,6,8,10,14H,3,5,7H2,1-2H3,(H,15,16,17). The molecule has 4 nitrogen and oxygen atoms in total. The van der Waals surface area contributed by atoms with Crippen molar-refractivity contribution in [3.05, 3.63) is 23.7 Å². The van der Waals surface area contributed by atoms with Gasteiger partial charge in [-0.15, -0.1) is 0 Å².